The van der Waals surface area contributed by atoms with E-state index in [4.69, 9.17) is 21.6 Å². The van der Waals surface area contributed by atoms with Crippen molar-refractivity contribution in [3.63, 3.8) is 0 Å². The highest BCUT2D eigenvalue weighted by Crippen LogP contribution is 2.24. The van der Waals surface area contributed by atoms with Crippen molar-refractivity contribution in [2.75, 3.05) is 12.4 Å². The van der Waals surface area contributed by atoms with Gasteiger partial charge in [0.1, 0.15) is 16.8 Å². The summed E-state index contributed by atoms with van der Waals surface area (Å²) in [6, 6.07) is 12.9. The van der Waals surface area contributed by atoms with Gasteiger partial charge in [-0.25, -0.2) is 4.98 Å². The maximum Gasteiger partial charge on any atom is 0.137 e. The van der Waals surface area contributed by atoms with Crippen molar-refractivity contribution in [1.29, 1.82) is 5.26 Å². The first kappa shape index (κ1) is 13.7. The summed E-state index contributed by atoms with van der Waals surface area (Å²) in [6.45, 7) is 0.496. The fourth-order valence-electron chi connectivity index (χ4n) is 1.45. The number of aromatic nitrogens is 1. The van der Waals surface area contributed by atoms with E-state index in [0.29, 0.717) is 22.9 Å². The lowest BCUT2D eigenvalue weighted by molar-refractivity contribution is 0.343. The molecular formula is C14H11ClN2OS. The fraction of sp³-hybridized carbons (Fsp3) is 0.143. The van der Waals surface area contributed by atoms with Crippen LogP contribution in [0.4, 0.5) is 0 Å². The quantitative estimate of drug-likeness (QED) is 0.621. The van der Waals surface area contributed by atoms with Gasteiger partial charge in [-0.05, 0) is 24.3 Å². The molecule has 1 aromatic carbocycles. The Morgan fingerprint density at radius 1 is 1.26 bits per heavy atom. The average Bonchev–Trinajstić information content (AvgIpc) is 2.45. The summed E-state index contributed by atoms with van der Waals surface area (Å²) in [5.74, 6) is 1.33. The first-order valence-corrected chi connectivity index (χ1v) is 7.03. The van der Waals surface area contributed by atoms with Crippen molar-refractivity contribution in [2.24, 2.45) is 0 Å². The summed E-state index contributed by atoms with van der Waals surface area (Å²) < 4.78 is 5.58. The maximum absolute atomic E-state index is 8.93. The van der Waals surface area contributed by atoms with Crippen LogP contribution in [0.2, 0.25) is 5.02 Å². The molecule has 0 spiro atoms. The number of hydrogen-bond acceptors (Lipinski definition) is 4. The SMILES string of the molecule is N#Cc1ccccc1OCCSc1ncccc1Cl. The van der Waals surface area contributed by atoms with Crippen LogP contribution in [0, 0.1) is 11.3 Å². The van der Waals surface area contributed by atoms with Gasteiger partial charge in [-0.3, -0.25) is 0 Å². The Morgan fingerprint density at radius 2 is 2.11 bits per heavy atom. The number of para-hydroxylation sites is 1. The van der Waals surface area contributed by atoms with E-state index < -0.39 is 0 Å². The molecular weight excluding hydrogens is 280 g/mol. The lowest BCUT2D eigenvalue weighted by atomic mass is 10.2. The molecule has 0 N–H and O–H groups in total. The number of ether oxygens (including phenoxy) is 1. The molecule has 0 aliphatic heterocycles. The molecule has 19 heavy (non-hydrogen) atoms. The Morgan fingerprint density at radius 3 is 2.89 bits per heavy atom. The monoisotopic (exact) mass is 290 g/mol. The summed E-state index contributed by atoms with van der Waals surface area (Å²) in [7, 11) is 0. The molecule has 0 saturated heterocycles. The van der Waals surface area contributed by atoms with E-state index in [1.54, 1.807) is 24.4 Å². The van der Waals surface area contributed by atoms with Crippen LogP contribution in [0.1, 0.15) is 5.56 Å². The predicted octanol–water partition coefficient (Wildman–Crippen LogP) is 3.78. The Balaban J connectivity index is 1.85. The lowest BCUT2D eigenvalue weighted by Crippen LogP contribution is -2.01. The van der Waals surface area contributed by atoms with Crippen LogP contribution in [0.25, 0.3) is 0 Å². The molecule has 0 unspecified atom stereocenters. The summed E-state index contributed by atoms with van der Waals surface area (Å²) in [5.41, 5.74) is 0.545. The van der Waals surface area contributed by atoms with Crippen LogP contribution in [0.5, 0.6) is 5.75 Å². The molecule has 5 heteroatoms. The van der Waals surface area contributed by atoms with Crippen molar-refractivity contribution in [1.82, 2.24) is 4.98 Å². The molecule has 0 fully saturated rings. The highest BCUT2D eigenvalue weighted by atomic mass is 35.5. The predicted molar refractivity (Wildman–Crippen MR) is 76.6 cm³/mol. The van der Waals surface area contributed by atoms with E-state index in [1.807, 2.05) is 18.2 Å². The van der Waals surface area contributed by atoms with Crippen molar-refractivity contribution in [3.05, 3.63) is 53.2 Å². The van der Waals surface area contributed by atoms with Crippen LogP contribution >= 0.6 is 23.4 Å². The van der Waals surface area contributed by atoms with Crippen molar-refractivity contribution in [3.8, 4) is 11.8 Å². The Kier molecular flexibility index (Phi) is 5.08. The van der Waals surface area contributed by atoms with E-state index >= 15 is 0 Å². The molecule has 0 radical (unpaired) electrons. The Labute approximate surface area is 121 Å². The second-order valence-electron chi connectivity index (χ2n) is 3.60. The number of hydrogen-bond donors (Lipinski definition) is 0. The minimum Gasteiger partial charge on any atom is -0.491 e. The number of thioether (sulfide) groups is 1. The molecule has 0 amide bonds. The summed E-state index contributed by atoms with van der Waals surface area (Å²) in [4.78, 5) is 4.18. The lowest BCUT2D eigenvalue weighted by Gasteiger charge is -2.07. The molecule has 96 valence electrons. The summed E-state index contributed by atoms with van der Waals surface area (Å²) >= 11 is 7.53. The zero-order valence-electron chi connectivity index (χ0n) is 10.0. The fourth-order valence-corrected chi connectivity index (χ4v) is 2.44. The smallest absolute Gasteiger partial charge is 0.137 e. The largest absolute Gasteiger partial charge is 0.491 e. The van der Waals surface area contributed by atoms with Crippen LogP contribution in [-0.4, -0.2) is 17.3 Å². The zero-order valence-corrected chi connectivity index (χ0v) is 11.6. The third-order valence-electron chi connectivity index (χ3n) is 2.31. The standard InChI is InChI=1S/C14H11ClN2OS/c15-12-5-3-7-17-14(12)19-9-8-18-13-6-2-1-4-11(13)10-16/h1-7H,8-9H2. The van der Waals surface area contributed by atoms with Gasteiger partial charge in [0.25, 0.3) is 0 Å². The second-order valence-corrected chi connectivity index (χ2v) is 5.09. The van der Waals surface area contributed by atoms with E-state index in [0.717, 1.165) is 10.8 Å². The first-order valence-electron chi connectivity index (χ1n) is 5.66. The van der Waals surface area contributed by atoms with E-state index in [9.17, 15) is 0 Å². The summed E-state index contributed by atoms with van der Waals surface area (Å²) in [6.07, 6.45) is 1.71. The third-order valence-corrected chi connectivity index (χ3v) is 3.70. The topological polar surface area (TPSA) is 45.9 Å². The van der Waals surface area contributed by atoms with Gasteiger partial charge in [0.05, 0.1) is 17.2 Å². The van der Waals surface area contributed by atoms with Crippen LogP contribution in [-0.2, 0) is 0 Å². The first-order chi connectivity index (χ1) is 9.31. The van der Waals surface area contributed by atoms with Gasteiger partial charge in [0.2, 0.25) is 0 Å². The molecule has 0 aliphatic carbocycles. The van der Waals surface area contributed by atoms with E-state index in [1.165, 1.54) is 11.8 Å². The molecule has 1 aromatic heterocycles. The third kappa shape index (κ3) is 3.88. The van der Waals surface area contributed by atoms with E-state index in [-0.39, 0.29) is 0 Å². The molecule has 0 bridgehead atoms. The molecule has 0 aliphatic rings. The highest BCUT2D eigenvalue weighted by molar-refractivity contribution is 7.99. The Bertz CT molecular complexity index is 598. The number of benzene rings is 1. The van der Waals surface area contributed by atoms with Crippen molar-refractivity contribution >= 4 is 23.4 Å². The number of nitriles is 1. The minimum atomic E-state index is 0.496. The molecule has 2 aromatic rings. The van der Waals surface area contributed by atoms with Gasteiger partial charge in [0, 0.05) is 11.9 Å². The maximum atomic E-state index is 8.93. The Hall–Kier alpha value is -1.70. The minimum absolute atomic E-state index is 0.496. The van der Waals surface area contributed by atoms with E-state index in [2.05, 4.69) is 11.1 Å². The van der Waals surface area contributed by atoms with Crippen LogP contribution in [0.15, 0.2) is 47.6 Å². The van der Waals surface area contributed by atoms with Crippen molar-refractivity contribution in [2.45, 2.75) is 5.03 Å². The highest BCUT2D eigenvalue weighted by Gasteiger charge is 2.03. The van der Waals surface area contributed by atoms with Gasteiger partial charge in [-0.2, -0.15) is 5.26 Å². The van der Waals surface area contributed by atoms with Gasteiger partial charge in [-0.1, -0.05) is 23.7 Å². The number of nitrogens with zero attached hydrogens (tertiary/aromatic N) is 2. The van der Waals surface area contributed by atoms with Gasteiger partial charge < -0.3 is 4.74 Å². The molecule has 1 heterocycles. The molecule has 0 saturated carbocycles. The summed E-state index contributed by atoms with van der Waals surface area (Å²) in [5, 5.41) is 10.4. The molecule has 3 nitrogen and oxygen atoms in total. The number of pyridine rings is 1. The molecule has 0 atom stereocenters. The van der Waals surface area contributed by atoms with Crippen molar-refractivity contribution < 1.29 is 4.74 Å². The van der Waals surface area contributed by atoms with Crippen LogP contribution < -0.4 is 4.74 Å². The van der Waals surface area contributed by atoms with Gasteiger partial charge >= 0.3 is 0 Å². The van der Waals surface area contributed by atoms with Gasteiger partial charge in [-0.15, -0.1) is 11.8 Å². The van der Waals surface area contributed by atoms with Gasteiger partial charge in [0.15, 0.2) is 0 Å². The average molecular weight is 291 g/mol. The molecule has 2 rings (SSSR count). The second kappa shape index (κ2) is 7.03. The number of rotatable bonds is 5. The zero-order chi connectivity index (χ0) is 13.5. The normalized spacial score (nSPS) is 9.89. The number of halogens is 1. The van der Waals surface area contributed by atoms with Crippen LogP contribution in [0.3, 0.4) is 0 Å².